The molecule has 2 saturated carbocycles. The van der Waals surface area contributed by atoms with E-state index in [1.54, 1.807) is 16.9 Å². The minimum atomic E-state index is -4.81. The molecule has 5 rings (SSSR count). The Morgan fingerprint density at radius 2 is 1.47 bits per heavy atom. The van der Waals surface area contributed by atoms with Crippen molar-refractivity contribution in [3.63, 3.8) is 0 Å². The molecule has 276 valence electrons. The number of anilines is 1. The van der Waals surface area contributed by atoms with Crippen molar-refractivity contribution in [2.75, 3.05) is 5.32 Å². The van der Waals surface area contributed by atoms with Gasteiger partial charge in [-0.1, -0.05) is 76.3 Å². The molecule has 3 N–H and O–H groups in total. The predicted molar refractivity (Wildman–Crippen MR) is 185 cm³/mol. The topological polar surface area (TPSA) is 118 Å². The largest absolute Gasteiger partial charge is 0.414 e. The molecule has 2 fully saturated rings. The van der Waals surface area contributed by atoms with E-state index < -0.39 is 47.7 Å². The minimum absolute atomic E-state index is 0.0908. The monoisotopic (exact) mass is 712 g/mol. The molecule has 2 aliphatic rings. The van der Waals surface area contributed by atoms with Crippen molar-refractivity contribution in [2.24, 2.45) is 17.8 Å². The number of carbonyl (C=O) groups excluding carboxylic acids is 3. The van der Waals surface area contributed by atoms with Gasteiger partial charge in [0.25, 0.3) is 5.91 Å². The van der Waals surface area contributed by atoms with Crippen LogP contribution in [-0.4, -0.2) is 44.7 Å². The van der Waals surface area contributed by atoms with E-state index in [2.05, 4.69) is 20.7 Å². The summed E-state index contributed by atoms with van der Waals surface area (Å²) >= 11 is 0. The van der Waals surface area contributed by atoms with Gasteiger partial charge in [0.05, 0.1) is 17.3 Å². The highest BCUT2D eigenvalue weighted by molar-refractivity contribution is 6.01. The number of benzene rings is 1. The summed E-state index contributed by atoms with van der Waals surface area (Å²) in [5.41, 5.74) is -0.0770. The Morgan fingerprint density at radius 3 is 2.02 bits per heavy atom. The van der Waals surface area contributed by atoms with Crippen LogP contribution in [0, 0.1) is 23.6 Å². The molecule has 1 aromatic carbocycles. The second kappa shape index (κ2) is 16.8. The van der Waals surface area contributed by atoms with Crippen LogP contribution in [0.4, 0.5) is 23.2 Å². The summed E-state index contributed by atoms with van der Waals surface area (Å²) in [7, 11) is 0. The van der Waals surface area contributed by atoms with E-state index in [1.165, 1.54) is 43.5 Å². The first-order chi connectivity index (χ1) is 24.3. The van der Waals surface area contributed by atoms with Crippen LogP contribution in [0.15, 0.2) is 54.9 Å². The fourth-order valence-corrected chi connectivity index (χ4v) is 7.83. The third-order valence-corrected chi connectivity index (χ3v) is 10.5. The maximum atomic E-state index is 15.7. The van der Waals surface area contributed by atoms with Gasteiger partial charge in [0.2, 0.25) is 11.8 Å². The van der Waals surface area contributed by atoms with Crippen molar-refractivity contribution in [1.82, 2.24) is 25.4 Å². The number of pyridine rings is 1. The SMILES string of the molecule is CC(C)n1nccc1C(=O)N[C@H](C(=O)Nc1ccc([C@H](C)C(=O)NC(c2ccccn2)C(F)(F)F)cc1F)C(C1CCCCC1)C1CCCCC1. The van der Waals surface area contributed by atoms with Crippen molar-refractivity contribution in [3.8, 4) is 0 Å². The molecule has 0 spiro atoms. The third-order valence-electron chi connectivity index (χ3n) is 10.5. The molecule has 3 aromatic rings. The number of nitrogens with zero attached hydrogens (tertiary/aromatic N) is 3. The van der Waals surface area contributed by atoms with E-state index in [4.69, 9.17) is 0 Å². The van der Waals surface area contributed by atoms with Gasteiger partial charge in [-0.15, -0.1) is 0 Å². The molecule has 51 heavy (non-hydrogen) atoms. The van der Waals surface area contributed by atoms with E-state index in [0.717, 1.165) is 70.3 Å². The highest BCUT2D eigenvalue weighted by atomic mass is 19.4. The van der Waals surface area contributed by atoms with Crippen molar-refractivity contribution in [1.29, 1.82) is 0 Å². The summed E-state index contributed by atoms with van der Waals surface area (Å²) in [6.45, 7) is 5.19. The zero-order chi connectivity index (χ0) is 36.7. The van der Waals surface area contributed by atoms with Crippen LogP contribution in [0.1, 0.15) is 125 Å². The quantitative estimate of drug-likeness (QED) is 0.164. The first-order valence-electron chi connectivity index (χ1n) is 18.1. The number of hydrogen-bond acceptors (Lipinski definition) is 5. The molecule has 9 nitrogen and oxygen atoms in total. The number of hydrogen-bond donors (Lipinski definition) is 3. The number of halogens is 4. The Kier molecular flexibility index (Phi) is 12.5. The van der Waals surface area contributed by atoms with E-state index >= 15 is 4.39 Å². The zero-order valence-corrected chi connectivity index (χ0v) is 29.4. The lowest BCUT2D eigenvalue weighted by Gasteiger charge is -2.42. The van der Waals surface area contributed by atoms with Crippen molar-refractivity contribution in [3.05, 3.63) is 77.6 Å². The van der Waals surface area contributed by atoms with E-state index in [0.29, 0.717) is 5.69 Å². The Morgan fingerprint density at radius 1 is 0.824 bits per heavy atom. The molecule has 0 aliphatic heterocycles. The van der Waals surface area contributed by atoms with Gasteiger partial charge in [0.1, 0.15) is 17.6 Å². The van der Waals surface area contributed by atoms with Crippen LogP contribution < -0.4 is 16.0 Å². The molecule has 2 heterocycles. The lowest BCUT2D eigenvalue weighted by molar-refractivity contribution is -0.164. The molecule has 1 unspecified atom stereocenters. The summed E-state index contributed by atoms with van der Waals surface area (Å²) in [5.74, 6) is -3.68. The van der Waals surface area contributed by atoms with Crippen LogP contribution in [0.25, 0.3) is 0 Å². The maximum absolute atomic E-state index is 15.7. The molecular formula is C38H48F4N6O3. The van der Waals surface area contributed by atoms with Gasteiger partial charge < -0.3 is 16.0 Å². The molecule has 0 bridgehead atoms. The van der Waals surface area contributed by atoms with Crippen molar-refractivity contribution in [2.45, 2.75) is 115 Å². The number of carbonyl (C=O) groups is 3. The van der Waals surface area contributed by atoms with Gasteiger partial charge in [0, 0.05) is 18.4 Å². The van der Waals surface area contributed by atoms with Gasteiger partial charge in [-0.3, -0.25) is 24.0 Å². The van der Waals surface area contributed by atoms with Gasteiger partial charge >= 0.3 is 6.18 Å². The van der Waals surface area contributed by atoms with E-state index in [9.17, 15) is 27.6 Å². The van der Waals surface area contributed by atoms with Crippen LogP contribution in [0.2, 0.25) is 0 Å². The van der Waals surface area contributed by atoms with Crippen LogP contribution in [0.3, 0.4) is 0 Å². The summed E-state index contributed by atoms with van der Waals surface area (Å²) < 4.78 is 58.9. The highest BCUT2D eigenvalue weighted by Crippen LogP contribution is 2.42. The normalized spacial score (nSPS) is 17.9. The Balaban J connectivity index is 1.39. The highest BCUT2D eigenvalue weighted by Gasteiger charge is 2.44. The molecule has 0 radical (unpaired) electrons. The summed E-state index contributed by atoms with van der Waals surface area (Å²) in [5, 5.41) is 12.1. The first kappa shape index (κ1) is 38.0. The van der Waals surface area contributed by atoms with Crippen molar-refractivity contribution >= 4 is 23.4 Å². The number of amides is 3. The molecule has 2 aliphatic carbocycles. The molecule has 3 atom stereocenters. The number of aromatic nitrogens is 3. The van der Waals surface area contributed by atoms with Crippen molar-refractivity contribution < 1.29 is 31.9 Å². The molecule has 3 amide bonds. The molecule has 2 aromatic heterocycles. The van der Waals surface area contributed by atoms with E-state index in [-0.39, 0.29) is 40.7 Å². The average Bonchev–Trinajstić information content (AvgIpc) is 3.62. The Bertz CT molecular complexity index is 1620. The number of rotatable bonds is 12. The lowest BCUT2D eigenvalue weighted by atomic mass is 9.66. The van der Waals surface area contributed by atoms with Crippen LogP contribution in [0.5, 0.6) is 0 Å². The average molecular weight is 713 g/mol. The summed E-state index contributed by atoms with van der Waals surface area (Å²) in [4.78, 5) is 44.9. The molecule has 13 heteroatoms. The van der Waals surface area contributed by atoms with Gasteiger partial charge in [0.15, 0.2) is 6.04 Å². The predicted octanol–water partition coefficient (Wildman–Crippen LogP) is 8.04. The lowest BCUT2D eigenvalue weighted by Crippen LogP contribution is -2.53. The second-order valence-corrected chi connectivity index (χ2v) is 14.3. The summed E-state index contributed by atoms with van der Waals surface area (Å²) in [6.07, 6.45) is 8.16. The van der Waals surface area contributed by atoms with Crippen LogP contribution >= 0.6 is 0 Å². The summed E-state index contributed by atoms with van der Waals surface area (Å²) in [6, 6.07) is 6.00. The standard InChI is InChI=1S/C38H48F4N6O3/c1-23(2)48-31(19-21-44-48)36(50)46-33(32(25-12-6-4-7-13-25)26-14-8-5-9-15-26)37(51)45-29-18-17-27(22-28(29)39)24(3)35(49)47-34(38(40,41)42)30-16-10-11-20-43-30/h10-11,16-26,32-34H,4-9,12-15H2,1-3H3,(H,45,51)(H,46,50)(H,47,49)/t24-,33-,34?/m0/s1. The molecular weight excluding hydrogens is 664 g/mol. The number of nitrogens with one attached hydrogen (secondary N) is 3. The molecule has 0 saturated heterocycles. The fourth-order valence-electron chi connectivity index (χ4n) is 7.83. The van der Waals surface area contributed by atoms with Crippen LogP contribution in [-0.2, 0) is 9.59 Å². The first-order valence-corrected chi connectivity index (χ1v) is 18.1. The smallest absolute Gasteiger partial charge is 0.339 e. The zero-order valence-electron chi connectivity index (χ0n) is 29.4. The number of alkyl halides is 3. The van der Waals surface area contributed by atoms with Gasteiger partial charge in [-0.05, 0) is 74.4 Å². The minimum Gasteiger partial charge on any atom is -0.339 e. The Labute approximate surface area is 296 Å². The Hall–Kier alpha value is -4.29. The maximum Gasteiger partial charge on any atom is 0.414 e. The second-order valence-electron chi connectivity index (χ2n) is 14.3. The third kappa shape index (κ3) is 9.34. The fraction of sp³-hybridized carbons (Fsp3) is 0.553. The van der Waals surface area contributed by atoms with Gasteiger partial charge in [-0.2, -0.15) is 18.3 Å². The van der Waals surface area contributed by atoms with Gasteiger partial charge in [-0.25, -0.2) is 4.39 Å². The van der Waals surface area contributed by atoms with E-state index in [1.807, 2.05) is 19.2 Å².